The molecule has 1 aromatic heterocycles. The van der Waals surface area contributed by atoms with E-state index < -0.39 is 42.0 Å². The lowest BCUT2D eigenvalue weighted by atomic mass is 9.86. The molecule has 0 spiro atoms. The number of nitrogens with two attached hydrogens (primary N) is 1. The van der Waals surface area contributed by atoms with E-state index >= 15 is 0 Å². The number of Topliss-reactive ketones (excluding diaryl/α,β-unsaturated/α-hetero) is 1. The number of carbonyl (C=O) groups is 2. The van der Waals surface area contributed by atoms with Crippen molar-refractivity contribution < 1.29 is 24.2 Å². The van der Waals surface area contributed by atoms with Crippen LogP contribution in [0.5, 0.6) is 0 Å². The minimum Gasteiger partial charge on any atom is -0.459 e. The van der Waals surface area contributed by atoms with Crippen LogP contribution in [0.15, 0.2) is 65.6 Å². The summed E-state index contributed by atoms with van der Waals surface area (Å²) in [5.41, 5.74) is 3.12. The highest BCUT2D eigenvalue weighted by molar-refractivity contribution is 6.31. The van der Waals surface area contributed by atoms with Crippen LogP contribution in [0.4, 0.5) is 5.82 Å². The van der Waals surface area contributed by atoms with Gasteiger partial charge in [0.25, 0.3) is 0 Å². The second-order valence-corrected chi connectivity index (χ2v) is 8.56. The Balaban J connectivity index is 1.61. The monoisotopic (exact) mass is 503 g/mol. The number of esters is 1. The summed E-state index contributed by atoms with van der Waals surface area (Å²) >= 11 is 11.7. The van der Waals surface area contributed by atoms with Crippen molar-refractivity contribution in [3.63, 3.8) is 0 Å². The Labute approximate surface area is 203 Å². The standard InChI is InChI=1S/C23H19Cl2N3O6/c24-15-5-1-13(2-6-15)20(29)23(32)11-19(28-10-9-18(26)27-22(28)31)34-17(23)12-33-21(30)14-3-7-16(25)8-4-14/h1-10,17,19,32H,11-12H2,(H2,26,27,31)/t17-,19-,23+/m1/s1. The third-order valence-corrected chi connectivity index (χ3v) is 5.95. The molecule has 11 heteroatoms. The number of benzene rings is 2. The molecule has 0 aliphatic carbocycles. The van der Waals surface area contributed by atoms with Crippen molar-refractivity contribution in [1.82, 2.24) is 9.55 Å². The second-order valence-electron chi connectivity index (χ2n) is 7.69. The number of halogens is 2. The van der Waals surface area contributed by atoms with Crippen LogP contribution >= 0.6 is 23.2 Å². The Bertz CT molecular complexity index is 1280. The van der Waals surface area contributed by atoms with Gasteiger partial charge in [0, 0.05) is 28.2 Å². The summed E-state index contributed by atoms with van der Waals surface area (Å²) in [6, 6.07) is 13.3. The number of ketones is 1. The molecule has 1 aliphatic heterocycles. The zero-order valence-electron chi connectivity index (χ0n) is 17.6. The number of carbonyl (C=O) groups excluding carboxylic acids is 2. The van der Waals surface area contributed by atoms with Crippen LogP contribution < -0.4 is 11.4 Å². The van der Waals surface area contributed by atoms with Gasteiger partial charge in [0.05, 0.1) is 5.56 Å². The van der Waals surface area contributed by atoms with E-state index in [1.54, 1.807) is 0 Å². The van der Waals surface area contributed by atoms with E-state index in [0.29, 0.717) is 10.0 Å². The van der Waals surface area contributed by atoms with Crippen molar-refractivity contribution in [2.24, 2.45) is 0 Å². The zero-order valence-corrected chi connectivity index (χ0v) is 19.1. The van der Waals surface area contributed by atoms with E-state index in [1.807, 2.05) is 0 Å². The molecule has 0 unspecified atom stereocenters. The van der Waals surface area contributed by atoms with Crippen LogP contribution in [-0.2, 0) is 9.47 Å². The molecule has 0 radical (unpaired) electrons. The smallest absolute Gasteiger partial charge is 0.351 e. The van der Waals surface area contributed by atoms with Crippen molar-refractivity contribution in [3.05, 3.63) is 92.5 Å². The van der Waals surface area contributed by atoms with E-state index in [2.05, 4.69) is 4.98 Å². The molecule has 3 N–H and O–H groups in total. The minimum absolute atomic E-state index is 0.0141. The molecule has 176 valence electrons. The topological polar surface area (TPSA) is 134 Å². The predicted octanol–water partition coefficient (Wildman–Crippen LogP) is 2.89. The van der Waals surface area contributed by atoms with Gasteiger partial charge in [-0.2, -0.15) is 4.98 Å². The molecule has 1 saturated heterocycles. The highest BCUT2D eigenvalue weighted by Gasteiger charge is 2.54. The molecule has 2 heterocycles. The number of nitrogen functional groups attached to an aromatic ring is 1. The molecule has 4 rings (SSSR count). The molecular formula is C23H19Cl2N3O6. The van der Waals surface area contributed by atoms with Gasteiger partial charge >= 0.3 is 11.7 Å². The van der Waals surface area contributed by atoms with Gasteiger partial charge in [0.15, 0.2) is 11.4 Å². The van der Waals surface area contributed by atoms with Crippen molar-refractivity contribution in [3.8, 4) is 0 Å². The van der Waals surface area contributed by atoms with Crippen molar-refractivity contribution >= 4 is 40.8 Å². The summed E-state index contributed by atoms with van der Waals surface area (Å²) in [6.45, 7) is -0.453. The van der Waals surface area contributed by atoms with Crippen LogP contribution in [-0.4, -0.2) is 44.7 Å². The second kappa shape index (κ2) is 9.55. The van der Waals surface area contributed by atoms with E-state index in [1.165, 1.54) is 60.8 Å². The van der Waals surface area contributed by atoms with Crippen LogP contribution in [0.1, 0.15) is 33.4 Å². The van der Waals surface area contributed by atoms with Gasteiger partial charge in [-0.05, 0) is 54.6 Å². The fourth-order valence-corrected chi connectivity index (χ4v) is 3.90. The highest BCUT2D eigenvalue weighted by atomic mass is 35.5. The first-order valence-corrected chi connectivity index (χ1v) is 10.9. The predicted molar refractivity (Wildman–Crippen MR) is 124 cm³/mol. The van der Waals surface area contributed by atoms with Crippen LogP contribution in [0.2, 0.25) is 10.0 Å². The van der Waals surface area contributed by atoms with Crippen LogP contribution in [0.25, 0.3) is 0 Å². The van der Waals surface area contributed by atoms with E-state index in [-0.39, 0.29) is 23.4 Å². The Morgan fingerprint density at radius 1 is 1.09 bits per heavy atom. The molecule has 0 saturated carbocycles. The maximum atomic E-state index is 13.3. The number of aromatic nitrogens is 2. The van der Waals surface area contributed by atoms with Gasteiger partial charge in [-0.3, -0.25) is 9.36 Å². The molecular weight excluding hydrogens is 485 g/mol. The summed E-state index contributed by atoms with van der Waals surface area (Å²) in [5, 5.41) is 12.3. The van der Waals surface area contributed by atoms with E-state index in [9.17, 15) is 19.5 Å². The minimum atomic E-state index is -2.11. The number of ether oxygens (including phenoxy) is 2. The summed E-state index contributed by atoms with van der Waals surface area (Å²) in [7, 11) is 0. The molecule has 2 aromatic carbocycles. The Hall–Kier alpha value is -3.24. The molecule has 9 nitrogen and oxygen atoms in total. The number of hydrogen-bond donors (Lipinski definition) is 2. The maximum absolute atomic E-state index is 13.3. The Morgan fingerprint density at radius 2 is 1.68 bits per heavy atom. The summed E-state index contributed by atoms with van der Waals surface area (Å²) in [4.78, 5) is 41.7. The summed E-state index contributed by atoms with van der Waals surface area (Å²) < 4.78 is 12.3. The van der Waals surface area contributed by atoms with Crippen molar-refractivity contribution in [2.75, 3.05) is 12.3 Å². The maximum Gasteiger partial charge on any atom is 0.351 e. The van der Waals surface area contributed by atoms with Crippen molar-refractivity contribution in [2.45, 2.75) is 24.4 Å². The van der Waals surface area contributed by atoms with Crippen LogP contribution in [0.3, 0.4) is 0 Å². The average molecular weight is 504 g/mol. The quantitative estimate of drug-likeness (QED) is 0.387. The molecule has 0 amide bonds. The summed E-state index contributed by atoms with van der Waals surface area (Å²) in [6.07, 6.45) is -1.27. The van der Waals surface area contributed by atoms with Crippen LogP contribution in [0, 0.1) is 0 Å². The lowest BCUT2D eigenvalue weighted by Crippen LogP contribution is -2.48. The van der Waals surface area contributed by atoms with Gasteiger partial charge in [-0.15, -0.1) is 0 Å². The first-order chi connectivity index (χ1) is 16.2. The Morgan fingerprint density at radius 3 is 2.26 bits per heavy atom. The Kier molecular flexibility index (Phi) is 6.72. The number of aliphatic hydroxyl groups is 1. The first-order valence-electron chi connectivity index (χ1n) is 10.1. The van der Waals surface area contributed by atoms with Gasteiger partial charge in [0.1, 0.15) is 24.8 Å². The largest absolute Gasteiger partial charge is 0.459 e. The molecule has 34 heavy (non-hydrogen) atoms. The third-order valence-electron chi connectivity index (χ3n) is 5.45. The zero-order chi connectivity index (χ0) is 24.5. The SMILES string of the molecule is Nc1ccn([C@H]2C[C@@](O)(C(=O)c3ccc(Cl)cc3)[C@@H](COC(=O)c3ccc(Cl)cc3)O2)c(=O)n1. The molecule has 3 aromatic rings. The number of hydrogen-bond acceptors (Lipinski definition) is 8. The van der Waals surface area contributed by atoms with Gasteiger partial charge in [-0.1, -0.05) is 23.2 Å². The first kappa shape index (κ1) is 23.9. The highest BCUT2D eigenvalue weighted by Crippen LogP contribution is 2.39. The third kappa shape index (κ3) is 4.83. The fraction of sp³-hybridized carbons (Fsp3) is 0.217. The average Bonchev–Trinajstić information content (AvgIpc) is 3.15. The number of nitrogens with zero attached hydrogens (tertiary/aromatic N) is 2. The molecule has 0 bridgehead atoms. The van der Waals surface area contributed by atoms with E-state index in [0.717, 1.165) is 4.57 Å². The van der Waals surface area contributed by atoms with Gasteiger partial charge in [0.2, 0.25) is 0 Å². The van der Waals surface area contributed by atoms with E-state index in [4.69, 9.17) is 38.4 Å². The molecule has 1 aliphatic rings. The normalized spacial score (nSPS) is 21.9. The number of anilines is 1. The lowest BCUT2D eigenvalue weighted by Gasteiger charge is -2.26. The van der Waals surface area contributed by atoms with Gasteiger partial charge < -0.3 is 20.3 Å². The number of rotatable bonds is 6. The summed E-state index contributed by atoms with van der Waals surface area (Å²) in [5.74, 6) is -1.35. The van der Waals surface area contributed by atoms with Gasteiger partial charge in [-0.25, -0.2) is 9.59 Å². The van der Waals surface area contributed by atoms with Crippen molar-refractivity contribution in [1.29, 1.82) is 0 Å². The lowest BCUT2D eigenvalue weighted by molar-refractivity contribution is -0.0739. The fourth-order valence-electron chi connectivity index (χ4n) is 3.64. The molecule has 1 fully saturated rings. The molecule has 3 atom stereocenters.